The summed E-state index contributed by atoms with van der Waals surface area (Å²) in [7, 11) is -2.71. The Morgan fingerprint density at radius 1 is 0.938 bits per heavy atom. The van der Waals surface area contributed by atoms with Crippen LogP contribution in [0.25, 0.3) is 11.1 Å². The first-order valence-electron chi connectivity index (χ1n) is 5.14. The standard InChI is InChI=1S/C13H11O2P/c1-16(14)13-9-5-3-7-11(13)10-6-2-4-8-12(10)15-16/h2-9H,1H3. The van der Waals surface area contributed by atoms with Gasteiger partial charge in [-0.25, -0.2) is 0 Å². The molecule has 3 rings (SSSR count). The zero-order valence-corrected chi connectivity index (χ0v) is 9.78. The number of hydrogen-bond acceptors (Lipinski definition) is 2. The van der Waals surface area contributed by atoms with E-state index in [0.717, 1.165) is 16.4 Å². The van der Waals surface area contributed by atoms with Gasteiger partial charge in [0.25, 0.3) is 7.37 Å². The number of rotatable bonds is 0. The van der Waals surface area contributed by atoms with E-state index >= 15 is 0 Å². The summed E-state index contributed by atoms with van der Waals surface area (Å²) in [6.45, 7) is 1.67. The quantitative estimate of drug-likeness (QED) is 0.649. The fraction of sp³-hybridized carbons (Fsp3) is 0.0769. The Morgan fingerprint density at radius 3 is 2.38 bits per heavy atom. The Labute approximate surface area is 94.3 Å². The largest absolute Gasteiger partial charge is 0.439 e. The highest BCUT2D eigenvalue weighted by atomic mass is 31.2. The molecule has 3 heteroatoms. The van der Waals surface area contributed by atoms with E-state index in [1.54, 1.807) is 6.66 Å². The van der Waals surface area contributed by atoms with Gasteiger partial charge in [0.1, 0.15) is 5.75 Å². The van der Waals surface area contributed by atoms with Crippen LogP contribution in [-0.4, -0.2) is 6.66 Å². The highest BCUT2D eigenvalue weighted by Crippen LogP contribution is 2.51. The van der Waals surface area contributed by atoms with Crippen LogP contribution in [0.2, 0.25) is 0 Å². The van der Waals surface area contributed by atoms with Crippen molar-refractivity contribution in [2.45, 2.75) is 0 Å². The summed E-state index contributed by atoms with van der Waals surface area (Å²) in [5.41, 5.74) is 2.04. The van der Waals surface area contributed by atoms with Crippen LogP contribution < -0.4 is 9.83 Å². The third-order valence-electron chi connectivity index (χ3n) is 2.79. The lowest BCUT2D eigenvalue weighted by atomic mass is 10.0. The molecule has 0 aromatic heterocycles. The average Bonchev–Trinajstić information content (AvgIpc) is 2.29. The normalized spacial score (nSPS) is 21.8. The SMILES string of the molecule is CP1(=O)Oc2ccccc2-c2ccccc21. The van der Waals surface area contributed by atoms with Gasteiger partial charge in [-0.1, -0.05) is 36.4 Å². The molecule has 0 bridgehead atoms. The summed E-state index contributed by atoms with van der Waals surface area (Å²) in [6.07, 6.45) is 0. The minimum atomic E-state index is -2.71. The third kappa shape index (κ3) is 1.30. The van der Waals surface area contributed by atoms with Crippen molar-refractivity contribution < 1.29 is 9.09 Å². The van der Waals surface area contributed by atoms with Crippen LogP contribution in [-0.2, 0) is 4.57 Å². The molecule has 0 aliphatic carbocycles. The number of fused-ring (bicyclic) bond motifs is 3. The van der Waals surface area contributed by atoms with E-state index < -0.39 is 7.37 Å². The zero-order valence-electron chi connectivity index (χ0n) is 8.88. The Bertz CT molecular complexity index is 604. The Morgan fingerprint density at radius 2 is 1.56 bits per heavy atom. The molecular weight excluding hydrogens is 219 g/mol. The van der Waals surface area contributed by atoms with Gasteiger partial charge in [-0.2, -0.15) is 0 Å². The van der Waals surface area contributed by atoms with Gasteiger partial charge < -0.3 is 4.52 Å². The number of hydrogen-bond donors (Lipinski definition) is 0. The topological polar surface area (TPSA) is 26.3 Å². The molecule has 0 spiro atoms. The van der Waals surface area contributed by atoms with E-state index in [9.17, 15) is 4.57 Å². The van der Waals surface area contributed by atoms with Gasteiger partial charge in [0, 0.05) is 12.2 Å². The maximum Gasteiger partial charge on any atom is 0.274 e. The second-order valence-electron chi connectivity index (χ2n) is 3.95. The van der Waals surface area contributed by atoms with Crippen LogP contribution in [0.4, 0.5) is 0 Å². The molecule has 16 heavy (non-hydrogen) atoms. The van der Waals surface area contributed by atoms with E-state index in [1.165, 1.54) is 0 Å². The molecule has 0 amide bonds. The summed E-state index contributed by atoms with van der Waals surface area (Å²) >= 11 is 0. The van der Waals surface area contributed by atoms with E-state index in [1.807, 2.05) is 48.5 Å². The van der Waals surface area contributed by atoms with Crippen LogP contribution in [0.5, 0.6) is 5.75 Å². The fourth-order valence-electron chi connectivity index (χ4n) is 2.06. The van der Waals surface area contributed by atoms with Gasteiger partial charge >= 0.3 is 0 Å². The summed E-state index contributed by atoms with van der Waals surface area (Å²) in [6, 6.07) is 15.4. The summed E-state index contributed by atoms with van der Waals surface area (Å²) in [5, 5.41) is 0.814. The lowest BCUT2D eigenvalue weighted by molar-refractivity contribution is 0.497. The van der Waals surface area contributed by atoms with Crippen molar-refractivity contribution in [2.24, 2.45) is 0 Å². The zero-order chi connectivity index (χ0) is 11.2. The molecule has 2 aromatic carbocycles. The van der Waals surface area contributed by atoms with Crippen molar-refractivity contribution >= 4 is 12.7 Å². The smallest absolute Gasteiger partial charge is 0.274 e. The molecule has 2 aromatic rings. The minimum Gasteiger partial charge on any atom is -0.439 e. The monoisotopic (exact) mass is 230 g/mol. The summed E-state index contributed by atoms with van der Waals surface area (Å²) < 4.78 is 18.0. The van der Waals surface area contributed by atoms with Crippen molar-refractivity contribution in [2.75, 3.05) is 6.66 Å². The van der Waals surface area contributed by atoms with Gasteiger partial charge in [0.2, 0.25) is 0 Å². The van der Waals surface area contributed by atoms with Gasteiger partial charge in [0.05, 0.1) is 5.30 Å². The van der Waals surface area contributed by atoms with Gasteiger partial charge in [0.15, 0.2) is 0 Å². The average molecular weight is 230 g/mol. The fourth-order valence-corrected chi connectivity index (χ4v) is 3.68. The van der Waals surface area contributed by atoms with E-state index in [0.29, 0.717) is 5.75 Å². The van der Waals surface area contributed by atoms with E-state index in [4.69, 9.17) is 4.52 Å². The Hall–Kier alpha value is -1.53. The van der Waals surface area contributed by atoms with Crippen molar-refractivity contribution in [1.29, 1.82) is 0 Å². The summed E-state index contributed by atoms with van der Waals surface area (Å²) in [5.74, 6) is 0.715. The summed E-state index contributed by atoms with van der Waals surface area (Å²) in [4.78, 5) is 0. The van der Waals surface area contributed by atoms with Gasteiger partial charge in [-0.3, -0.25) is 4.57 Å². The van der Waals surface area contributed by atoms with Crippen LogP contribution >= 0.6 is 7.37 Å². The molecule has 0 fully saturated rings. The van der Waals surface area contributed by atoms with Crippen molar-refractivity contribution in [3.05, 3.63) is 48.5 Å². The Balaban J connectivity index is 2.38. The number of para-hydroxylation sites is 1. The number of benzene rings is 2. The van der Waals surface area contributed by atoms with Crippen molar-refractivity contribution in [1.82, 2.24) is 0 Å². The molecule has 1 heterocycles. The molecule has 0 saturated carbocycles. The van der Waals surface area contributed by atoms with Crippen molar-refractivity contribution in [3.8, 4) is 16.9 Å². The van der Waals surface area contributed by atoms with Crippen LogP contribution in [0.3, 0.4) is 0 Å². The lowest BCUT2D eigenvalue weighted by Crippen LogP contribution is -2.16. The van der Waals surface area contributed by atoms with Crippen LogP contribution in [0, 0.1) is 0 Å². The molecule has 1 atom stereocenters. The maximum atomic E-state index is 12.4. The Kier molecular flexibility index (Phi) is 1.95. The lowest BCUT2D eigenvalue weighted by Gasteiger charge is -2.25. The minimum absolute atomic E-state index is 0.715. The second-order valence-corrected chi connectivity index (χ2v) is 6.31. The first-order valence-corrected chi connectivity index (χ1v) is 7.22. The van der Waals surface area contributed by atoms with Gasteiger partial charge in [-0.05, 0) is 17.7 Å². The molecule has 1 aliphatic rings. The van der Waals surface area contributed by atoms with Gasteiger partial charge in [-0.15, -0.1) is 0 Å². The third-order valence-corrected chi connectivity index (χ3v) is 4.60. The van der Waals surface area contributed by atoms with E-state index in [-0.39, 0.29) is 0 Å². The molecule has 1 unspecified atom stereocenters. The molecule has 80 valence electrons. The predicted octanol–water partition coefficient (Wildman–Crippen LogP) is 3.28. The molecular formula is C13H11O2P. The molecule has 0 saturated heterocycles. The van der Waals surface area contributed by atoms with Crippen molar-refractivity contribution in [3.63, 3.8) is 0 Å². The van der Waals surface area contributed by atoms with Crippen LogP contribution in [0.15, 0.2) is 48.5 Å². The maximum absolute atomic E-state index is 12.4. The first kappa shape index (κ1) is 9.68. The molecule has 0 N–H and O–H groups in total. The highest BCUT2D eigenvalue weighted by molar-refractivity contribution is 7.67. The highest BCUT2D eigenvalue weighted by Gasteiger charge is 2.30. The first-order chi connectivity index (χ1) is 7.68. The molecule has 0 radical (unpaired) electrons. The molecule has 1 aliphatic heterocycles. The van der Waals surface area contributed by atoms with Crippen LogP contribution in [0.1, 0.15) is 0 Å². The predicted molar refractivity (Wildman–Crippen MR) is 65.7 cm³/mol. The molecule has 2 nitrogen and oxygen atoms in total. The van der Waals surface area contributed by atoms with E-state index in [2.05, 4.69) is 0 Å². The second kappa shape index (κ2) is 3.23.